The van der Waals surface area contributed by atoms with Gasteiger partial charge in [-0.25, -0.2) is 9.37 Å². The van der Waals surface area contributed by atoms with Gasteiger partial charge in [0.15, 0.2) is 11.6 Å². The first-order chi connectivity index (χ1) is 6.49. The van der Waals surface area contributed by atoms with E-state index in [1.54, 1.807) is 17.9 Å². The summed E-state index contributed by atoms with van der Waals surface area (Å²) in [5.74, 6) is -0.0751. The average molecular weight is 261 g/mol. The van der Waals surface area contributed by atoms with Crippen LogP contribution in [0, 0.1) is 5.82 Å². The molecule has 1 aliphatic rings. The molecule has 2 heterocycles. The third-order valence-electron chi connectivity index (χ3n) is 2.19. The molecule has 0 radical (unpaired) electrons. The van der Waals surface area contributed by atoms with E-state index in [4.69, 9.17) is 0 Å². The molecule has 3 nitrogen and oxygen atoms in total. The van der Waals surface area contributed by atoms with Crippen molar-refractivity contribution in [2.45, 2.75) is 12.5 Å². The van der Waals surface area contributed by atoms with Gasteiger partial charge in [0, 0.05) is 19.3 Å². The molecule has 76 valence electrons. The minimum atomic E-state index is -0.712. The Bertz CT molecular complexity index is 362. The first-order valence-electron chi connectivity index (χ1n) is 4.27. The molecule has 0 aromatic carbocycles. The summed E-state index contributed by atoms with van der Waals surface area (Å²) in [5, 5.41) is 9.50. The number of β-amino-alcohol motifs (C(OH)–C–C–N with tert-alkyl or cyclic N) is 1. The third-order valence-corrected chi connectivity index (χ3v) is 2.80. The molecule has 14 heavy (non-hydrogen) atoms. The Morgan fingerprint density at radius 2 is 2.29 bits per heavy atom. The Morgan fingerprint density at radius 3 is 2.86 bits per heavy atom. The summed E-state index contributed by atoms with van der Waals surface area (Å²) < 4.78 is 13.9. The van der Waals surface area contributed by atoms with Gasteiger partial charge >= 0.3 is 0 Å². The Kier molecular flexibility index (Phi) is 2.23. The average Bonchev–Trinajstić information content (AvgIpc) is 2.06. The summed E-state index contributed by atoms with van der Waals surface area (Å²) in [5.41, 5.74) is -0.712. The summed E-state index contributed by atoms with van der Waals surface area (Å²) in [6, 6.07) is 1.55. The van der Waals surface area contributed by atoms with Crippen LogP contribution in [0.4, 0.5) is 10.2 Å². The smallest absolute Gasteiger partial charge is 0.179 e. The normalized spacial score (nSPS) is 19.3. The largest absolute Gasteiger partial charge is 0.386 e. The maximum absolute atomic E-state index is 13.5. The lowest BCUT2D eigenvalue weighted by Crippen LogP contribution is -2.60. The highest BCUT2D eigenvalue weighted by Crippen LogP contribution is 2.30. The van der Waals surface area contributed by atoms with Crippen LogP contribution >= 0.6 is 15.9 Å². The van der Waals surface area contributed by atoms with Crippen molar-refractivity contribution in [3.05, 3.63) is 22.6 Å². The zero-order valence-electron chi connectivity index (χ0n) is 7.67. The molecule has 1 fully saturated rings. The molecular formula is C9H10BrFN2O. The highest BCUT2D eigenvalue weighted by Gasteiger charge is 2.38. The lowest BCUT2D eigenvalue weighted by atomic mass is 9.97. The number of halogens is 2. The van der Waals surface area contributed by atoms with Crippen molar-refractivity contribution >= 4 is 21.7 Å². The number of pyridine rings is 1. The number of aromatic nitrogens is 1. The van der Waals surface area contributed by atoms with Crippen LogP contribution in [-0.2, 0) is 0 Å². The summed E-state index contributed by atoms with van der Waals surface area (Å²) in [4.78, 5) is 5.64. The summed E-state index contributed by atoms with van der Waals surface area (Å²) in [7, 11) is 0. The molecule has 5 heteroatoms. The fourth-order valence-corrected chi connectivity index (χ4v) is 1.85. The topological polar surface area (TPSA) is 36.4 Å². The van der Waals surface area contributed by atoms with Gasteiger partial charge in [-0.15, -0.1) is 0 Å². The van der Waals surface area contributed by atoms with Crippen LogP contribution in [0.1, 0.15) is 6.92 Å². The second kappa shape index (κ2) is 3.17. The predicted octanol–water partition coefficient (Wildman–Crippen LogP) is 1.55. The van der Waals surface area contributed by atoms with Gasteiger partial charge in [-0.2, -0.15) is 0 Å². The van der Waals surface area contributed by atoms with E-state index in [-0.39, 0.29) is 5.82 Å². The number of anilines is 1. The van der Waals surface area contributed by atoms with Crippen LogP contribution in [0.15, 0.2) is 16.7 Å². The van der Waals surface area contributed by atoms with Crippen LogP contribution in [0.5, 0.6) is 0 Å². The highest BCUT2D eigenvalue weighted by molar-refractivity contribution is 9.10. The van der Waals surface area contributed by atoms with Crippen LogP contribution in [-0.4, -0.2) is 28.8 Å². The molecule has 0 bridgehead atoms. The number of hydrogen-bond donors (Lipinski definition) is 1. The maximum atomic E-state index is 13.5. The van der Waals surface area contributed by atoms with Crippen molar-refractivity contribution in [3.8, 4) is 0 Å². The summed E-state index contributed by atoms with van der Waals surface area (Å²) >= 11 is 3.09. The number of aliphatic hydroxyl groups is 1. The Balaban J connectivity index is 2.23. The molecule has 0 atom stereocenters. The molecule has 0 aliphatic carbocycles. The lowest BCUT2D eigenvalue weighted by Gasteiger charge is -2.44. The van der Waals surface area contributed by atoms with E-state index >= 15 is 0 Å². The standard InChI is InChI=1S/C9H10BrFN2O/c1-9(14)4-13(5-9)8-7(11)6(10)2-3-12-8/h2-3,14H,4-5H2,1H3. The van der Waals surface area contributed by atoms with Crippen LogP contribution in [0.3, 0.4) is 0 Å². The molecule has 0 unspecified atom stereocenters. The van der Waals surface area contributed by atoms with E-state index in [2.05, 4.69) is 20.9 Å². The molecule has 1 N–H and O–H groups in total. The van der Waals surface area contributed by atoms with Crippen molar-refractivity contribution in [1.29, 1.82) is 0 Å². The zero-order chi connectivity index (χ0) is 10.3. The molecule has 0 saturated carbocycles. The van der Waals surface area contributed by atoms with Gasteiger partial charge in [0.2, 0.25) is 0 Å². The zero-order valence-corrected chi connectivity index (χ0v) is 9.25. The fourth-order valence-electron chi connectivity index (χ4n) is 1.56. The van der Waals surface area contributed by atoms with Crippen molar-refractivity contribution in [2.24, 2.45) is 0 Å². The van der Waals surface area contributed by atoms with E-state index in [1.165, 1.54) is 6.20 Å². The fraction of sp³-hybridized carbons (Fsp3) is 0.444. The molecule has 1 saturated heterocycles. The van der Waals surface area contributed by atoms with Crippen LogP contribution in [0.25, 0.3) is 0 Å². The molecule has 0 spiro atoms. The van der Waals surface area contributed by atoms with E-state index in [0.717, 1.165) is 0 Å². The van der Waals surface area contributed by atoms with Gasteiger partial charge in [-0.3, -0.25) is 0 Å². The minimum absolute atomic E-state index is 0.297. The molecular weight excluding hydrogens is 251 g/mol. The number of nitrogens with zero attached hydrogens (tertiary/aromatic N) is 2. The quantitative estimate of drug-likeness (QED) is 0.833. The SMILES string of the molecule is CC1(O)CN(c2nccc(Br)c2F)C1. The Labute approximate surface area is 89.7 Å². The molecule has 1 aromatic rings. The highest BCUT2D eigenvalue weighted by atomic mass is 79.9. The maximum Gasteiger partial charge on any atom is 0.179 e. The van der Waals surface area contributed by atoms with Gasteiger partial charge in [0.1, 0.15) is 0 Å². The van der Waals surface area contributed by atoms with Gasteiger partial charge in [-0.05, 0) is 28.9 Å². The Hall–Kier alpha value is -0.680. The van der Waals surface area contributed by atoms with Crippen LogP contribution in [0.2, 0.25) is 0 Å². The summed E-state index contributed by atoms with van der Waals surface area (Å²) in [6.07, 6.45) is 1.54. The second-order valence-electron chi connectivity index (χ2n) is 3.78. The van der Waals surface area contributed by atoms with Crippen LogP contribution < -0.4 is 4.90 Å². The predicted molar refractivity (Wildman–Crippen MR) is 54.7 cm³/mol. The van der Waals surface area contributed by atoms with E-state index in [0.29, 0.717) is 23.4 Å². The van der Waals surface area contributed by atoms with E-state index < -0.39 is 5.60 Å². The van der Waals surface area contributed by atoms with Gasteiger partial charge in [0.05, 0.1) is 10.1 Å². The minimum Gasteiger partial charge on any atom is -0.386 e. The summed E-state index contributed by atoms with van der Waals surface area (Å²) in [6.45, 7) is 2.57. The first kappa shape index (κ1) is 9.86. The van der Waals surface area contributed by atoms with E-state index in [9.17, 15) is 9.50 Å². The van der Waals surface area contributed by atoms with Gasteiger partial charge < -0.3 is 10.0 Å². The van der Waals surface area contributed by atoms with Gasteiger partial charge in [-0.1, -0.05) is 0 Å². The Morgan fingerprint density at radius 1 is 1.64 bits per heavy atom. The molecule has 1 aromatic heterocycles. The van der Waals surface area contributed by atoms with Crippen molar-refractivity contribution in [2.75, 3.05) is 18.0 Å². The van der Waals surface area contributed by atoms with Crippen molar-refractivity contribution in [1.82, 2.24) is 4.98 Å². The lowest BCUT2D eigenvalue weighted by molar-refractivity contribution is 0.0301. The number of rotatable bonds is 1. The first-order valence-corrected chi connectivity index (χ1v) is 5.06. The molecule has 0 amide bonds. The second-order valence-corrected chi connectivity index (χ2v) is 4.64. The monoisotopic (exact) mass is 260 g/mol. The van der Waals surface area contributed by atoms with Crippen molar-refractivity contribution in [3.63, 3.8) is 0 Å². The molecule has 2 rings (SSSR count). The molecule has 1 aliphatic heterocycles. The van der Waals surface area contributed by atoms with E-state index in [1.807, 2.05) is 0 Å². The van der Waals surface area contributed by atoms with Gasteiger partial charge in [0.25, 0.3) is 0 Å². The number of hydrogen-bond acceptors (Lipinski definition) is 3. The van der Waals surface area contributed by atoms with Crippen molar-refractivity contribution < 1.29 is 9.50 Å². The third kappa shape index (κ3) is 1.62.